The first-order valence-electron chi connectivity index (χ1n) is 5.59. The Labute approximate surface area is 86.3 Å². The predicted octanol–water partition coefficient (Wildman–Crippen LogP) is 3.07. The quantitative estimate of drug-likeness (QED) is 0.510. The Balaban J connectivity index is 2.21. The third kappa shape index (κ3) is 3.52. The van der Waals surface area contributed by atoms with E-state index in [1.807, 2.05) is 0 Å². The van der Waals surface area contributed by atoms with Crippen molar-refractivity contribution in [2.24, 2.45) is 5.92 Å². The van der Waals surface area contributed by atoms with Gasteiger partial charge in [0.1, 0.15) is 6.10 Å². The Morgan fingerprint density at radius 1 is 1.43 bits per heavy atom. The molecule has 0 atom stereocenters. The second kappa shape index (κ2) is 5.84. The fraction of sp³-hybridized carbons (Fsp3) is 0.750. The molecule has 2 nitrogen and oxygen atoms in total. The van der Waals surface area contributed by atoms with E-state index in [1.54, 1.807) is 0 Å². The summed E-state index contributed by atoms with van der Waals surface area (Å²) in [7, 11) is 0. The summed E-state index contributed by atoms with van der Waals surface area (Å²) in [5, 5.41) is 0. The van der Waals surface area contributed by atoms with Crippen molar-refractivity contribution in [3.63, 3.8) is 0 Å². The number of ether oxygens (including phenoxy) is 1. The Bertz CT molecular complexity index is 190. The van der Waals surface area contributed by atoms with Gasteiger partial charge in [0.2, 0.25) is 0 Å². The van der Waals surface area contributed by atoms with E-state index < -0.39 is 0 Å². The van der Waals surface area contributed by atoms with E-state index in [4.69, 9.17) is 4.74 Å². The normalized spacial score (nSPS) is 26.9. The summed E-state index contributed by atoms with van der Waals surface area (Å²) < 4.78 is 5.21. The molecule has 1 rings (SSSR count). The Hall–Kier alpha value is -0.790. The van der Waals surface area contributed by atoms with E-state index in [9.17, 15) is 4.79 Å². The molecule has 0 aromatic heterocycles. The highest BCUT2D eigenvalue weighted by atomic mass is 16.5. The molecule has 0 N–H and O–H groups in total. The lowest BCUT2D eigenvalue weighted by Gasteiger charge is -2.27. The van der Waals surface area contributed by atoms with Crippen molar-refractivity contribution >= 4 is 5.97 Å². The monoisotopic (exact) mass is 196 g/mol. The van der Waals surface area contributed by atoms with Crippen LogP contribution in [0.25, 0.3) is 0 Å². The summed E-state index contributed by atoms with van der Waals surface area (Å²) in [6, 6.07) is 0. The summed E-state index contributed by atoms with van der Waals surface area (Å²) >= 11 is 0. The predicted molar refractivity (Wildman–Crippen MR) is 56.9 cm³/mol. The van der Waals surface area contributed by atoms with Gasteiger partial charge in [-0.1, -0.05) is 26.3 Å². The lowest BCUT2D eigenvalue weighted by Crippen LogP contribution is -2.23. The molecule has 1 aliphatic carbocycles. The van der Waals surface area contributed by atoms with Crippen LogP contribution in [-0.4, -0.2) is 12.1 Å². The van der Waals surface area contributed by atoms with Crippen LogP contribution in [0.2, 0.25) is 0 Å². The first-order valence-corrected chi connectivity index (χ1v) is 5.59. The highest BCUT2D eigenvalue weighted by Crippen LogP contribution is 2.29. The summed E-state index contributed by atoms with van der Waals surface area (Å²) in [5.41, 5.74) is 0. The standard InChI is InChI=1S/C12H20O2/c1-3-5-10-6-8-11(9-7-10)14-12(13)4-2/h4,10-11H,2-3,5-9H2,1H3. The average Bonchev–Trinajstić information content (AvgIpc) is 2.21. The number of carbonyl (C=O) groups is 1. The van der Waals surface area contributed by atoms with Crippen molar-refractivity contribution in [3.8, 4) is 0 Å². The Morgan fingerprint density at radius 3 is 2.57 bits per heavy atom. The van der Waals surface area contributed by atoms with E-state index in [1.165, 1.54) is 31.8 Å². The van der Waals surface area contributed by atoms with Gasteiger partial charge in [0.15, 0.2) is 0 Å². The molecule has 0 unspecified atom stereocenters. The largest absolute Gasteiger partial charge is 0.459 e. The van der Waals surface area contributed by atoms with Crippen LogP contribution < -0.4 is 0 Å². The molecule has 1 aliphatic rings. The molecule has 0 aromatic carbocycles. The van der Waals surface area contributed by atoms with Crippen molar-refractivity contribution in [2.75, 3.05) is 0 Å². The van der Waals surface area contributed by atoms with Crippen LogP contribution in [-0.2, 0) is 9.53 Å². The molecule has 14 heavy (non-hydrogen) atoms. The van der Waals surface area contributed by atoms with Crippen LogP contribution >= 0.6 is 0 Å². The maximum absolute atomic E-state index is 10.9. The summed E-state index contributed by atoms with van der Waals surface area (Å²) in [4.78, 5) is 10.9. The molecular formula is C12H20O2. The first-order chi connectivity index (χ1) is 6.76. The number of carbonyl (C=O) groups excluding carboxylic acids is 1. The molecule has 0 radical (unpaired) electrons. The molecule has 0 aliphatic heterocycles. The molecule has 1 fully saturated rings. The molecule has 80 valence electrons. The zero-order valence-electron chi connectivity index (χ0n) is 9.00. The lowest BCUT2D eigenvalue weighted by atomic mass is 9.85. The highest BCUT2D eigenvalue weighted by Gasteiger charge is 2.22. The second-order valence-electron chi connectivity index (χ2n) is 4.07. The van der Waals surface area contributed by atoms with Crippen LogP contribution in [0.15, 0.2) is 12.7 Å². The molecular weight excluding hydrogens is 176 g/mol. The van der Waals surface area contributed by atoms with Crippen molar-refractivity contribution in [1.82, 2.24) is 0 Å². The van der Waals surface area contributed by atoms with E-state index >= 15 is 0 Å². The van der Waals surface area contributed by atoms with Gasteiger partial charge in [0.05, 0.1) is 0 Å². The number of rotatable bonds is 4. The van der Waals surface area contributed by atoms with Gasteiger partial charge in [-0.15, -0.1) is 0 Å². The van der Waals surface area contributed by atoms with Gasteiger partial charge >= 0.3 is 5.97 Å². The van der Waals surface area contributed by atoms with Gasteiger partial charge in [-0.2, -0.15) is 0 Å². The SMILES string of the molecule is C=CC(=O)OC1CCC(CCC)CC1. The van der Waals surface area contributed by atoms with Crippen LogP contribution in [0.5, 0.6) is 0 Å². The fourth-order valence-corrected chi connectivity index (χ4v) is 2.16. The molecule has 0 amide bonds. The summed E-state index contributed by atoms with van der Waals surface area (Å²) in [5.74, 6) is 0.586. The molecule has 0 saturated heterocycles. The van der Waals surface area contributed by atoms with Crippen molar-refractivity contribution in [1.29, 1.82) is 0 Å². The second-order valence-corrected chi connectivity index (χ2v) is 4.07. The van der Waals surface area contributed by atoms with Gasteiger partial charge in [-0.25, -0.2) is 4.79 Å². The minimum Gasteiger partial charge on any atom is -0.459 e. The molecule has 0 spiro atoms. The van der Waals surface area contributed by atoms with Gasteiger partial charge < -0.3 is 4.74 Å². The summed E-state index contributed by atoms with van der Waals surface area (Å²) in [6.45, 7) is 5.62. The maximum atomic E-state index is 10.9. The number of hydrogen-bond acceptors (Lipinski definition) is 2. The van der Waals surface area contributed by atoms with Crippen LogP contribution in [0.1, 0.15) is 45.4 Å². The van der Waals surface area contributed by atoms with Crippen LogP contribution in [0.3, 0.4) is 0 Å². The average molecular weight is 196 g/mol. The van der Waals surface area contributed by atoms with Gasteiger partial charge in [-0.3, -0.25) is 0 Å². The first kappa shape index (κ1) is 11.3. The third-order valence-corrected chi connectivity index (χ3v) is 2.94. The van der Waals surface area contributed by atoms with E-state index in [-0.39, 0.29) is 12.1 Å². The van der Waals surface area contributed by atoms with Gasteiger partial charge in [-0.05, 0) is 31.6 Å². The summed E-state index contributed by atoms with van der Waals surface area (Å²) in [6.07, 6.45) is 8.47. The maximum Gasteiger partial charge on any atom is 0.330 e. The minimum absolute atomic E-state index is 0.147. The zero-order valence-corrected chi connectivity index (χ0v) is 9.00. The highest BCUT2D eigenvalue weighted by molar-refractivity contribution is 5.81. The zero-order chi connectivity index (χ0) is 10.4. The van der Waals surface area contributed by atoms with Crippen molar-refractivity contribution < 1.29 is 9.53 Å². The smallest absolute Gasteiger partial charge is 0.330 e. The van der Waals surface area contributed by atoms with Crippen molar-refractivity contribution in [2.45, 2.75) is 51.6 Å². The molecule has 0 heterocycles. The number of hydrogen-bond donors (Lipinski definition) is 0. The molecule has 2 heteroatoms. The van der Waals surface area contributed by atoms with Gasteiger partial charge in [0, 0.05) is 6.08 Å². The Morgan fingerprint density at radius 2 is 2.07 bits per heavy atom. The van der Waals surface area contributed by atoms with E-state index in [0.717, 1.165) is 18.8 Å². The fourth-order valence-electron chi connectivity index (χ4n) is 2.16. The van der Waals surface area contributed by atoms with Crippen LogP contribution in [0.4, 0.5) is 0 Å². The lowest BCUT2D eigenvalue weighted by molar-refractivity contribution is -0.144. The number of esters is 1. The van der Waals surface area contributed by atoms with Crippen molar-refractivity contribution in [3.05, 3.63) is 12.7 Å². The minimum atomic E-state index is -0.274. The molecule has 0 bridgehead atoms. The van der Waals surface area contributed by atoms with Gasteiger partial charge in [0.25, 0.3) is 0 Å². The molecule has 0 aromatic rings. The van der Waals surface area contributed by atoms with Crippen LogP contribution in [0, 0.1) is 5.92 Å². The topological polar surface area (TPSA) is 26.3 Å². The third-order valence-electron chi connectivity index (χ3n) is 2.94. The van der Waals surface area contributed by atoms with E-state index in [2.05, 4.69) is 13.5 Å². The van der Waals surface area contributed by atoms with E-state index in [0.29, 0.717) is 0 Å². The molecule has 1 saturated carbocycles. The Kier molecular flexibility index (Phi) is 4.71.